The lowest BCUT2D eigenvalue weighted by Crippen LogP contribution is -2.38. The second kappa shape index (κ2) is 7.45. The average molecular weight is 399 g/mol. The van der Waals surface area contributed by atoms with Crippen LogP contribution >= 0.6 is 22.6 Å². The molecule has 1 saturated heterocycles. The Labute approximate surface area is 144 Å². The van der Waals surface area contributed by atoms with Crippen LogP contribution in [0.1, 0.15) is 58.1 Å². The van der Waals surface area contributed by atoms with Gasteiger partial charge >= 0.3 is 0 Å². The molecule has 0 bridgehead atoms. The van der Waals surface area contributed by atoms with Crippen LogP contribution in [0.5, 0.6) is 0 Å². The fourth-order valence-corrected chi connectivity index (χ4v) is 4.11. The van der Waals surface area contributed by atoms with E-state index < -0.39 is 0 Å². The fourth-order valence-electron chi connectivity index (χ4n) is 3.16. The highest BCUT2D eigenvalue weighted by Crippen LogP contribution is 2.25. The van der Waals surface area contributed by atoms with Crippen LogP contribution in [-0.4, -0.2) is 22.0 Å². The van der Waals surface area contributed by atoms with E-state index in [2.05, 4.69) is 79.5 Å². The number of hydrogen-bond acceptors (Lipinski definition) is 1. The van der Waals surface area contributed by atoms with Crippen LogP contribution in [0.4, 0.5) is 0 Å². The lowest BCUT2D eigenvalue weighted by molar-refractivity contribution is 0.189. The summed E-state index contributed by atoms with van der Waals surface area (Å²) in [7, 11) is 0. The first-order valence-corrected chi connectivity index (χ1v) is 9.58. The minimum atomic E-state index is 0.256. The Bertz CT molecular complexity index is 432. The summed E-state index contributed by atoms with van der Waals surface area (Å²) in [6.45, 7) is 11.8. The van der Waals surface area contributed by atoms with Gasteiger partial charge in [0.25, 0.3) is 0 Å². The van der Waals surface area contributed by atoms with E-state index in [9.17, 15) is 0 Å². The zero-order valence-electron chi connectivity index (χ0n) is 14.0. The molecule has 1 aliphatic heterocycles. The molecule has 0 radical (unpaired) electrons. The summed E-state index contributed by atoms with van der Waals surface area (Å²) in [6, 6.07) is 9.28. The van der Waals surface area contributed by atoms with E-state index in [4.69, 9.17) is 0 Å². The molecule has 1 aromatic rings. The van der Waals surface area contributed by atoms with Gasteiger partial charge in [0.15, 0.2) is 0 Å². The highest BCUT2D eigenvalue weighted by Gasteiger charge is 2.21. The molecule has 1 nitrogen and oxygen atoms in total. The topological polar surface area (TPSA) is 3.24 Å². The minimum absolute atomic E-state index is 0.256. The van der Waals surface area contributed by atoms with Crippen molar-refractivity contribution in [2.45, 2.75) is 62.8 Å². The third-order valence-electron chi connectivity index (χ3n) is 4.48. The largest absolute Gasteiger partial charge is 0.291 e. The van der Waals surface area contributed by atoms with Gasteiger partial charge in [0.05, 0.1) is 4.05 Å². The molecule has 0 aromatic heterocycles. The van der Waals surface area contributed by atoms with Gasteiger partial charge < -0.3 is 0 Å². The van der Waals surface area contributed by atoms with Crippen molar-refractivity contribution in [3.8, 4) is 0 Å². The molecule has 2 rings (SSSR count). The molecular weight excluding hydrogens is 369 g/mol. The molecule has 0 saturated carbocycles. The molecule has 21 heavy (non-hydrogen) atoms. The van der Waals surface area contributed by atoms with E-state index in [1.54, 1.807) is 0 Å². The van der Waals surface area contributed by atoms with Crippen LogP contribution in [0.3, 0.4) is 0 Å². The van der Waals surface area contributed by atoms with E-state index in [-0.39, 0.29) is 5.41 Å². The molecule has 0 N–H and O–H groups in total. The van der Waals surface area contributed by atoms with Crippen molar-refractivity contribution in [2.75, 3.05) is 13.1 Å². The molecule has 0 aliphatic carbocycles. The van der Waals surface area contributed by atoms with Crippen molar-refractivity contribution in [3.05, 3.63) is 35.4 Å². The SMILES string of the molecule is CC(Cc1ccc(C(C)(C)C)cc1)CN1CCCCC1I. The standard InChI is InChI=1S/C19H30IN/c1-15(14-21-12-6-5-7-18(21)20)13-16-8-10-17(11-9-16)19(2,3)4/h8-11,15,18H,5-7,12-14H2,1-4H3. The van der Waals surface area contributed by atoms with Crippen molar-refractivity contribution in [2.24, 2.45) is 5.92 Å². The summed E-state index contributed by atoms with van der Waals surface area (Å²) in [4.78, 5) is 2.68. The van der Waals surface area contributed by atoms with Crippen molar-refractivity contribution in [1.82, 2.24) is 4.90 Å². The molecule has 0 amide bonds. The van der Waals surface area contributed by atoms with E-state index in [1.165, 1.54) is 49.9 Å². The number of likely N-dealkylation sites (tertiary alicyclic amines) is 1. The van der Waals surface area contributed by atoms with Crippen LogP contribution < -0.4 is 0 Å². The summed E-state index contributed by atoms with van der Waals surface area (Å²) < 4.78 is 0.752. The average Bonchev–Trinajstić information content (AvgIpc) is 2.41. The maximum Gasteiger partial charge on any atom is 0.0618 e. The molecule has 118 valence electrons. The van der Waals surface area contributed by atoms with Crippen LogP contribution in [-0.2, 0) is 11.8 Å². The summed E-state index contributed by atoms with van der Waals surface area (Å²) >= 11 is 2.62. The summed E-state index contributed by atoms with van der Waals surface area (Å²) in [5.41, 5.74) is 3.17. The Morgan fingerprint density at radius 2 is 1.86 bits per heavy atom. The van der Waals surface area contributed by atoms with Crippen molar-refractivity contribution in [1.29, 1.82) is 0 Å². The predicted octanol–water partition coefficient (Wildman–Crippen LogP) is 5.41. The van der Waals surface area contributed by atoms with Gasteiger partial charge in [-0.1, -0.05) is 74.6 Å². The number of rotatable bonds is 4. The molecule has 1 aromatic carbocycles. The van der Waals surface area contributed by atoms with E-state index in [1.807, 2.05) is 0 Å². The minimum Gasteiger partial charge on any atom is -0.291 e. The van der Waals surface area contributed by atoms with E-state index in [0.717, 1.165) is 9.97 Å². The monoisotopic (exact) mass is 399 g/mol. The molecular formula is C19H30IN. The Hall–Kier alpha value is -0.0900. The van der Waals surface area contributed by atoms with Gasteiger partial charge in [-0.05, 0) is 54.7 Å². The normalized spacial score (nSPS) is 22.2. The van der Waals surface area contributed by atoms with E-state index >= 15 is 0 Å². The van der Waals surface area contributed by atoms with Gasteiger partial charge in [-0.15, -0.1) is 0 Å². The van der Waals surface area contributed by atoms with Crippen molar-refractivity contribution in [3.63, 3.8) is 0 Å². The Morgan fingerprint density at radius 1 is 1.19 bits per heavy atom. The van der Waals surface area contributed by atoms with Crippen LogP contribution in [0.25, 0.3) is 0 Å². The Morgan fingerprint density at radius 3 is 2.43 bits per heavy atom. The third-order valence-corrected chi connectivity index (χ3v) is 5.89. The van der Waals surface area contributed by atoms with Crippen molar-refractivity contribution < 1.29 is 0 Å². The van der Waals surface area contributed by atoms with Crippen LogP contribution in [0, 0.1) is 5.92 Å². The zero-order chi connectivity index (χ0) is 15.5. The van der Waals surface area contributed by atoms with Gasteiger partial charge in [-0.25, -0.2) is 0 Å². The molecule has 2 heteroatoms. The van der Waals surface area contributed by atoms with Gasteiger partial charge in [0, 0.05) is 6.54 Å². The first-order valence-electron chi connectivity index (χ1n) is 8.34. The van der Waals surface area contributed by atoms with Gasteiger partial charge in [-0.3, -0.25) is 4.90 Å². The Balaban J connectivity index is 1.89. The van der Waals surface area contributed by atoms with E-state index in [0.29, 0.717) is 0 Å². The maximum atomic E-state index is 2.68. The lowest BCUT2D eigenvalue weighted by Gasteiger charge is -2.34. The fraction of sp³-hybridized carbons (Fsp3) is 0.684. The summed E-state index contributed by atoms with van der Waals surface area (Å²) in [6.07, 6.45) is 5.36. The zero-order valence-corrected chi connectivity index (χ0v) is 16.2. The van der Waals surface area contributed by atoms with Gasteiger partial charge in [0.1, 0.15) is 0 Å². The summed E-state index contributed by atoms with van der Waals surface area (Å²) in [5, 5.41) is 0. The molecule has 1 aliphatic rings. The van der Waals surface area contributed by atoms with Crippen molar-refractivity contribution >= 4 is 22.6 Å². The van der Waals surface area contributed by atoms with Gasteiger partial charge in [0.2, 0.25) is 0 Å². The smallest absolute Gasteiger partial charge is 0.0618 e. The van der Waals surface area contributed by atoms with Gasteiger partial charge in [-0.2, -0.15) is 0 Å². The van der Waals surface area contributed by atoms with Crippen LogP contribution in [0.2, 0.25) is 0 Å². The second-order valence-electron chi connectivity index (χ2n) is 7.68. The van der Waals surface area contributed by atoms with Crippen LogP contribution in [0.15, 0.2) is 24.3 Å². The first-order chi connectivity index (χ1) is 9.86. The highest BCUT2D eigenvalue weighted by molar-refractivity contribution is 14.1. The number of benzene rings is 1. The molecule has 0 spiro atoms. The predicted molar refractivity (Wildman–Crippen MR) is 101 cm³/mol. The maximum absolute atomic E-state index is 2.68. The number of hydrogen-bond donors (Lipinski definition) is 0. The first kappa shape index (κ1) is 17.3. The molecule has 1 fully saturated rings. The quantitative estimate of drug-likeness (QED) is 0.372. The number of halogens is 1. The summed E-state index contributed by atoms with van der Waals surface area (Å²) in [5.74, 6) is 0.737. The number of piperidine rings is 1. The highest BCUT2D eigenvalue weighted by atomic mass is 127. The molecule has 2 atom stereocenters. The molecule has 2 unspecified atom stereocenters. The number of alkyl halides is 1. The third kappa shape index (κ3) is 5.24. The second-order valence-corrected chi connectivity index (χ2v) is 9.12. The Kier molecular flexibility index (Phi) is 6.13. The molecule has 1 heterocycles. The lowest BCUT2D eigenvalue weighted by atomic mass is 9.86. The number of nitrogens with zero attached hydrogens (tertiary/aromatic N) is 1.